The molecule has 1 N–H and O–H groups in total. The van der Waals surface area contributed by atoms with Crippen molar-refractivity contribution in [2.45, 2.75) is 18.3 Å². The van der Waals surface area contributed by atoms with E-state index in [1.165, 1.54) is 0 Å². The number of alkyl halides is 1. The number of nitrogens with one attached hydrogen (secondary N) is 1. The predicted octanol–water partition coefficient (Wildman–Crippen LogP) is 2.38. The molecule has 0 bridgehead atoms. The first kappa shape index (κ1) is 10.3. The standard InChI is InChI=1S/C11H12ClNO2/c1-7-3-2-4-8(5-7)10(12)9-6-15-11(14)13-9/h2-5,9-10H,6H2,1H3,(H,13,14)/t9-,10+/m1/s1. The Bertz CT molecular complexity index is 381. The second-order valence-electron chi connectivity index (χ2n) is 3.67. The van der Waals surface area contributed by atoms with Crippen molar-refractivity contribution < 1.29 is 9.53 Å². The summed E-state index contributed by atoms with van der Waals surface area (Å²) >= 11 is 6.26. The largest absolute Gasteiger partial charge is 0.447 e. The Morgan fingerprint density at radius 2 is 2.40 bits per heavy atom. The Labute approximate surface area is 93.4 Å². The fraction of sp³-hybridized carbons (Fsp3) is 0.364. The van der Waals surface area contributed by atoms with Gasteiger partial charge in [0.15, 0.2) is 0 Å². The summed E-state index contributed by atoms with van der Waals surface area (Å²) in [6.07, 6.45) is -0.390. The molecule has 0 aromatic heterocycles. The lowest BCUT2D eigenvalue weighted by Gasteiger charge is -2.15. The van der Waals surface area contributed by atoms with Crippen LogP contribution in [0.1, 0.15) is 16.5 Å². The topological polar surface area (TPSA) is 38.3 Å². The van der Waals surface area contributed by atoms with Crippen LogP contribution in [0.25, 0.3) is 0 Å². The minimum absolute atomic E-state index is 0.138. The third-order valence-electron chi connectivity index (χ3n) is 2.41. The molecule has 0 unspecified atom stereocenters. The fourth-order valence-electron chi connectivity index (χ4n) is 1.63. The summed E-state index contributed by atoms with van der Waals surface area (Å²) in [7, 11) is 0. The van der Waals surface area contributed by atoms with E-state index in [1.54, 1.807) is 0 Å². The minimum Gasteiger partial charge on any atom is -0.447 e. The number of benzene rings is 1. The zero-order valence-corrected chi connectivity index (χ0v) is 9.12. The highest BCUT2D eigenvalue weighted by molar-refractivity contribution is 6.21. The molecule has 0 spiro atoms. The molecule has 0 saturated carbocycles. The average molecular weight is 226 g/mol. The van der Waals surface area contributed by atoms with E-state index in [0.717, 1.165) is 11.1 Å². The lowest BCUT2D eigenvalue weighted by Crippen LogP contribution is -2.30. The van der Waals surface area contributed by atoms with Gasteiger partial charge in [0.2, 0.25) is 0 Å². The Hall–Kier alpha value is -1.22. The molecule has 2 rings (SSSR count). The molecule has 2 atom stereocenters. The number of cyclic esters (lactones) is 1. The van der Waals surface area contributed by atoms with Crippen LogP contribution in [0, 0.1) is 6.92 Å². The summed E-state index contributed by atoms with van der Waals surface area (Å²) in [6, 6.07) is 7.80. The van der Waals surface area contributed by atoms with Gasteiger partial charge in [0.1, 0.15) is 6.61 Å². The van der Waals surface area contributed by atoms with Crippen molar-refractivity contribution in [2.75, 3.05) is 6.61 Å². The van der Waals surface area contributed by atoms with Crippen LogP contribution in [0.2, 0.25) is 0 Å². The molecule has 4 heteroatoms. The first-order chi connectivity index (χ1) is 7.16. The number of rotatable bonds is 2. The van der Waals surface area contributed by atoms with Gasteiger partial charge in [-0.05, 0) is 12.5 Å². The maximum atomic E-state index is 10.9. The van der Waals surface area contributed by atoms with Gasteiger partial charge in [-0.2, -0.15) is 0 Å². The minimum atomic E-state index is -0.390. The van der Waals surface area contributed by atoms with Crippen molar-refractivity contribution >= 4 is 17.7 Å². The zero-order valence-electron chi connectivity index (χ0n) is 8.37. The predicted molar refractivity (Wildman–Crippen MR) is 58.0 cm³/mol. The second kappa shape index (κ2) is 4.11. The quantitative estimate of drug-likeness (QED) is 0.785. The molecule has 15 heavy (non-hydrogen) atoms. The van der Waals surface area contributed by atoms with Gasteiger partial charge >= 0.3 is 6.09 Å². The van der Waals surface area contributed by atoms with Crippen molar-refractivity contribution in [3.8, 4) is 0 Å². The van der Waals surface area contributed by atoms with Crippen molar-refractivity contribution in [3.63, 3.8) is 0 Å². The number of hydrogen-bond donors (Lipinski definition) is 1. The summed E-state index contributed by atoms with van der Waals surface area (Å²) < 4.78 is 4.80. The molecule has 80 valence electrons. The number of amides is 1. The third-order valence-corrected chi connectivity index (χ3v) is 2.97. The van der Waals surface area contributed by atoms with Gasteiger partial charge in [-0.15, -0.1) is 11.6 Å². The van der Waals surface area contributed by atoms with Gasteiger partial charge in [-0.1, -0.05) is 29.8 Å². The van der Waals surface area contributed by atoms with E-state index in [4.69, 9.17) is 16.3 Å². The molecule has 1 fully saturated rings. The van der Waals surface area contributed by atoms with Gasteiger partial charge in [-0.25, -0.2) is 4.79 Å². The van der Waals surface area contributed by atoms with E-state index < -0.39 is 6.09 Å². The molecule has 0 radical (unpaired) electrons. The summed E-state index contributed by atoms with van der Waals surface area (Å²) in [5, 5.41) is 2.44. The van der Waals surface area contributed by atoms with Gasteiger partial charge < -0.3 is 10.1 Å². The van der Waals surface area contributed by atoms with Crippen LogP contribution in [0.4, 0.5) is 4.79 Å². The number of carbonyl (C=O) groups excluding carboxylic acids is 1. The van der Waals surface area contributed by atoms with E-state index >= 15 is 0 Å². The van der Waals surface area contributed by atoms with E-state index in [0.29, 0.717) is 6.61 Å². The average Bonchev–Trinajstić information content (AvgIpc) is 2.64. The normalized spacial score (nSPS) is 22.0. The smallest absolute Gasteiger partial charge is 0.407 e. The van der Waals surface area contributed by atoms with E-state index in [1.807, 2.05) is 31.2 Å². The van der Waals surface area contributed by atoms with Crippen LogP contribution < -0.4 is 5.32 Å². The lowest BCUT2D eigenvalue weighted by atomic mass is 10.0. The van der Waals surface area contributed by atoms with Crippen LogP contribution in [-0.2, 0) is 4.74 Å². The highest BCUT2D eigenvalue weighted by Gasteiger charge is 2.29. The van der Waals surface area contributed by atoms with Crippen LogP contribution in [0.15, 0.2) is 24.3 Å². The molecule has 0 aliphatic carbocycles. The van der Waals surface area contributed by atoms with Gasteiger partial charge in [0.05, 0.1) is 11.4 Å². The van der Waals surface area contributed by atoms with E-state index in [9.17, 15) is 4.79 Å². The van der Waals surface area contributed by atoms with E-state index in [-0.39, 0.29) is 11.4 Å². The SMILES string of the molecule is Cc1cccc([C@H](Cl)[C@H]2COC(=O)N2)c1. The lowest BCUT2D eigenvalue weighted by molar-refractivity contribution is 0.176. The maximum absolute atomic E-state index is 10.9. The number of aryl methyl sites for hydroxylation is 1. The molecular formula is C11H12ClNO2. The number of ether oxygens (including phenoxy) is 1. The van der Waals surface area contributed by atoms with Crippen molar-refractivity contribution in [3.05, 3.63) is 35.4 Å². The summed E-state index contributed by atoms with van der Waals surface area (Å²) in [5.74, 6) is 0. The first-order valence-corrected chi connectivity index (χ1v) is 5.24. The fourth-order valence-corrected chi connectivity index (χ4v) is 1.90. The zero-order chi connectivity index (χ0) is 10.8. The number of alkyl carbamates (subject to hydrolysis) is 1. The molecule has 1 saturated heterocycles. The number of hydrogen-bond acceptors (Lipinski definition) is 2. The van der Waals surface area contributed by atoms with Crippen LogP contribution >= 0.6 is 11.6 Å². The monoisotopic (exact) mass is 225 g/mol. The molecule has 1 aromatic rings. The van der Waals surface area contributed by atoms with Crippen LogP contribution in [0.5, 0.6) is 0 Å². The summed E-state index contributed by atoms with van der Waals surface area (Å²) in [6.45, 7) is 2.35. The third kappa shape index (κ3) is 2.23. The highest BCUT2D eigenvalue weighted by atomic mass is 35.5. The molecule has 1 aliphatic heterocycles. The maximum Gasteiger partial charge on any atom is 0.407 e. The Morgan fingerprint density at radius 1 is 1.60 bits per heavy atom. The highest BCUT2D eigenvalue weighted by Crippen LogP contribution is 2.26. The van der Waals surface area contributed by atoms with Crippen LogP contribution in [0.3, 0.4) is 0 Å². The Morgan fingerprint density at radius 3 is 3.00 bits per heavy atom. The molecule has 3 nitrogen and oxygen atoms in total. The van der Waals surface area contributed by atoms with Gasteiger partial charge in [-0.3, -0.25) is 0 Å². The second-order valence-corrected chi connectivity index (χ2v) is 4.14. The molecular weight excluding hydrogens is 214 g/mol. The first-order valence-electron chi connectivity index (χ1n) is 4.81. The summed E-state index contributed by atoms with van der Waals surface area (Å²) in [5.41, 5.74) is 2.16. The van der Waals surface area contributed by atoms with Gasteiger partial charge in [0, 0.05) is 0 Å². The Kier molecular flexibility index (Phi) is 2.82. The summed E-state index contributed by atoms with van der Waals surface area (Å²) in [4.78, 5) is 10.9. The van der Waals surface area contributed by atoms with Crippen molar-refractivity contribution in [2.24, 2.45) is 0 Å². The molecule has 1 heterocycles. The van der Waals surface area contributed by atoms with Crippen molar-refractivity contribution in [1.29, 1.82) is 0 Å². The van der Waals surface area contributed by atoms with E-state index in [2.05, 4.69) is 5.32 Å². The van der Waals surface area contributed by atoms with Crippen LogP contribution in [-0.4, -0.2) is 18.7 Å². The molecule has 1 amide bonds. The number of halogens is 1. The molecule has 1 aromatic carbocycles. The van der Waals surface area contributed by atoms with Gasteiger partial charge in [0.25, 0.3) is 0 Å². The molecule has 1 aliphatic rings. The van der Waals surface area contributed by atoms with Crippen molar-refractivity contribution in [1.82, 2.24) is 5.32 Å². The number of carbonyl (C=O) groups is 1. The Balaban J connectivity index is 2.13.